The van der Waals surface area contributed by atoms with E-state index in [0.717, 1.165) is 13.0 Å². The van der Waals surface area contributed by atoms with Gasteiger partial charge in [-0.3, -0.25) is 10.1 Å². The molecule has 0 bridgehead atoms. The first-order valence-electron chi connectivity index (χ1n) is 6.85. The molecule has 1 unspecified atom stereocenters. The van der Waals surface area contributed by atoms with Crippen LogP contribution in [0.3, 0.4) is 0 Å². The molecule has 1 aromatic carbocycles. The van der Waals surface area contributed by atoms with Crippen molar-refractivity contribution in [2.75, 3.05) is 6.54 Å². The van der Waals surface area contributed by atoms with Gasteiger partial charge in [-0.1, -0.05) is 19.1 Å². The highest BCUT2D eigenvalue weighted by Crippen LogP contribution is 2.32. The van der Waals surface area contributed by atoms with Crippen LogP contribution in [0, 0.1) is 17.0 Å². The van der Waals surface area contributed by atoms with Crippen molar-refractivity contribution in [2.24, 2.45) is 0 Å². The minimum Gasteiger partial charge on any atom is -0.419 e. The molecule has 0 radical (unpaired) electrons. The molecule has 0 amide bonds. The lowest BCUT2D eigenvalue weighted by atomic mass is 10.1. The fourth-order valence-electron chi connectivity index (χ4n) is 2.04. The summed E-state index contributed by atoms with van der Waals surface area (Å²) in [5.74, 6) is 0.597. The number of nitrogens with zero attached hydrogens (tertiary/aromatic N) is 3. The number of nitrogens with one attached hydrogen (secondary N) is 1. The van der Waals surface area contributed by atoms with Crippen LogP contribution in [0.4, 0.5) is 5.69 Å². The van der Waals surface area contributed by atoms with Crippen LogP contribution >= 0.6 is 0 Å². The third kappa shape index (κ3) is 3.25. The van der Waals surface area contributed by atoms with Gasteiger partial charge in [-0.25, -0.2) is 0 Å². The van der Waals surface area contributed by atoms with Crippen molar-refractivity contribution < 1.29 is 9.34 Å². The summed E-state index contributed by atoms with van der Waals surface area (Å²) < 4.78 is 5.59. The van der Waals surface area contributed by atoms with E-state index in [4.69, 9.17) is 4.42 Å². The van der Waals surface area contributed by atoms with Crippen molar-refractivity contribution >= 4 is 5.69 Å². The average molecular weight is 290 g/mol. The Labute approximate surface area is 122 Å². The van der Waals surface area contributed by atoms with Crippen molar-refractivity contribution in [2.45, 2.75) is 33.2 Å². The molecule has 0 saturated heterocycles. The second-order valence-electron chi connectivity index (χ2n) is 4.85. The maximum Gasteiger partial charge on any atom is 0.284 e. The Morgan fingerprint density at radius 3 is 2.86 bits per heavy atom. The first-order valence-corrected chi connectivity index (χ1v) is 6.85. The first-order chi connectivity index (χ1) is 10.0. The van der Waals surface area contributed by atoms with Crippen LogP contribution in [0.5, 0.6) is 0 Å². The number of nitro benzene ring substituents is 1. The number of benzene rings is 1. The Balaban J connectivity index is 2.34. The fraction of sp³-hybridized carbons (Fsp3) is 0.429. The van der Waals surface area contributed by atoms with Crippen molar-refractivity contribution in [1.82, 2.24) is 15.5 Å². The predicted molar refractivity (Wildman–Crippen MR) is 77.8 cm³/mol. The molecule has 2 rings (SSSR count). The third-order valence-electron chi connectivity index (χ3n) is 3.16. The van der Waals surface area contributed by atoms with Crippen LogP contribution < -0.4 is 5.32 Å². The molecule has 7 nitrogen and oxygen atoms in total. The van der Waals surface area contributed by atoms with E-state index in [1.807, 2.05) is 6.92 Å². The molecular formula is C14H18N4O3. The number of rotatable bonds is 6. The van der Waals surface area contributed by atoms with Crippen LogP contribution in [0.15, 0.2) is 22.6 Å². The van der Waals surface area contributed by atoms with Crippen LogP contribution in [0.2, 0.25) is 0 Å². The second kappa shape index (κ2) is 6.45. The number of para-hydroxylation sites is 1. The highest BCUT2D eigenvalue weighted by molar-refractivity contribution is 5.69. The Bertz CT molecular complexity index is 639. The number of hydrogen-bond donors (Lipinski definition) is 1. The van der Waals surface area contributed by atoms with Gasteiger partial charge in [-0.15, -0.1) is 10.2 Å². The number of aryl methyl sites for hydroxylation is 1. The zero-order chi connectivity index (χ0) is 15.4. The molecule has 112 valence electrons. The molecule has 0 spiro atoms. The van der Waals surface area contributed by atoms with Crippen LogP contribution in [0.25, 0.3) is 11.5 Å². The van der Waals surface area contributed by atoms with Gasteiger partial charge in [0.1, 0.15) is 5.56 Å². The van der Waals surface area contributed by atoms with Crippen molar-refractivity contribution in [3.8, 4) is 11.5 Å². The van der Waals surface area contributed by atoms with Gasteiger partial charge in [0.2, 0.25) is 5.89 Å². The SMILES string of the molecule is CCCNC(C)c1nnc(-c2cccc(C)c2[N+](=O)[O-])o1. The van der Waals surface area contributed by atoms with Crippen LogP contribution in [-0.4, -0.2) is 21.7 Å². The zero-order valence-electron chi connectivity index (χ0n) is 12.3. The summed E-state index contributed by atoms with van der Waals surface area (Å²) in [6.07, 6.45) is 0.995. The largest absolute Gasteiger partial charge is 0.419 e. The van der Waals surface area contributed by atoms with Gasteiger partial charge in [0.25, 0.3) is 11.6 Å². The second-order valence-corrected chi connectivity index (χ2v) is 4.85. The lowest BCUT2D eigenvalue weighted by Crippen LogP contribution is -2.19. The standard InChI is InChI=1S/C14H18N4O3/c1-4-8-15-10(3)13-16-17-14(21-13)11-7-5-6-9(2)12(11)18(19)20/h5-7,10,15H,4,8H2,1-3H3. The quantitative estimate of drug-likeness (QED) is 0.649. The highest BCUT2D eigenvalue weighted by Gasteiger charge is 2.23. The molecule has 0 aliphatic rings. The van der Waals surface area contributed by atoms with Gasteiger partial charge < -0.3 is 9.73 Å². The number of nitro groups is 1. The summed E-state index contributed by atoms with van der Waals surface area (Å²) >= 11 is 0. The molecule has 1 aromatic heterocycles. The molecule has 0 saturated carbocycles. The fourth-order valence-corrected chi connectivity index (χ4v) is 2.04. The van der Waals surface area contributed by atoms with E-state index in [2.05, 4.69) is 22.4 Å². The maximum absolute atomic E-state index is 11.2. The topological polar surface area (TPSA) is 94.1 Å². The van der Waals surface area contributed by atoms with E-state index in [-0.39, 0.29) is 17.6 Å². The van der Waals surface area contributed by atoms with Gasteiger partial charge in [0, 0.05) is 5.56 Å². The predicted octanol–water partition coefficient (Wildman–Crippen LogP) is 3.01. The summed E-state index contributed by atoms with van der Waals surface area (Å²) in [5.41, 5.74) is 0.915. The van der Waals surface area contributed by atoms with Crippen LogP contribution in [-0.2, 0) is 0 Å². The number of hydrogen-bond acceptors (Lipinski definition) is 6. The number of aromatic nitrogens is 2. The van der Waals surface area contributed by atoms with Gasteiger partial charge in [0.15, 0.2) is 0 Å². The third-order valence-corrected chi connectivity index (χ3v) is 3.16. The zero-order valence-corrected chi connectivity index (χ0v) is 12.3. The Morgan fingerprint density at radius 2 is 2.19 bits per heavy atom. The minimum atomic E-state index is -0.423. The lowest BCUT2D eigenvalue weighted by molar-refractivity contribution is -0.384. The van der Waals surface area contributed by atoms with Crippen molar-refractivity contribution in [1.29, 1.82) is 0 Å². The summed E-state index contributed by atoms with van der Waals surface area (Å²) in [5, 5.41) is 22.3. The van der Waals surface area contributed by atoms with E-state index in [1.54, 1.807) is 25.1 Å². The molecule has 1 atom stereocenters. The molecule has 1 N–H and O–H groups in total. The smallest absolute Gasteiger partial charge is 0.284 e. The summed E-state index contributed by atoms with van der Waals surface area (Å²) in [6, 6.07) is 4.95. The van der Waals surface area contributed by atoms with Gasteiger partial charge in [0.05, 0.1) is 11.0 Å². The average Bonchev–Trinajstić information content (AvgIpc) is 2.93. The Hall–Kier alpha value is -2.28. The van der Waals surface area contributed by atoms with Crippen LogP contribution in [0.1, 0.15) is 37.8 Å². The first kappa shape index (κ1) is 15.1. The van der Waals surface area contributed by atoms with Gasteiger partial charge in [-0.2, -0.15) is 0 Å². The van der Waals surface area contributed by atoms with E-state index >= 15 is 0 Å². The van der Waals surface area contributed by atoms with Crippen molar-refractivity contribution in [3.63, 3.8) is 0 Å². The molecule has 7 heteroatoms. The maximum atomic E-state index is 11.2. The van der Waals surface area contributed by atoms with Gasteiger partial charge >= 0.3 is 0 Å². The van der Waals surface area contributed by atoms with E-state index in [0.29, 0.717) is 17.0 Å². The van der Waals surface area contributed by atoms with Gasteiger partial charge in [-0.05, 0) is 32.9 Å². The molecule has 0 aliphatic carbocycles. The Morgan fingerprint density at radius 1 is 1.43 bits per heavy atom. The molecule has 0 fully saturated rings. The molecule has 21 heavy (non-hydrogen) atoms. The summed E-state index contributed by atoms with van der Waals surface area (Å²) in [7, 11) is 0. The molecule has 0 aliphatic heterocycles. The van der Waals surface area contributed by atoms with E-state index < -0.39 is 4.92 Å². The summed E-state index contributed by atoms with van der Waals surface area (Å²) in [6.45, 7) is 6.50. The molecule has 1 heterocycles. The van der Waals surface area contributed by atoms with E-state index in [9.17, 15) is 10.1 Å². The minimum absolute atomic E-state index is 0.00173. The molecular weight excluding hydrogens is 272 g/mol. The summed E-state index contributed by atoms with van der Waals surface area (Å²) in [4.78, 5) is 10.8. The normalized spacial score (nSPS) is 12.3. The monoisotopic (exact) mass is 290 g/mol. The van der Waals surface area contributed by atoms with Crippen molar-refractivity contribution in [3.05, 3.63) is 39.8 Å². The molecule has 2 aromatic rings. The Kier molecular flexibility index (Phi) is 4.64. The van der Waals surface area contributed by atoms with E-state index in [1.165, 1.54) is 0 Å². The lowest BCUT2D eigenvalue weighted by Gasteiger charge is -2.07. The highest BCUT2D eigenvalue weighted by atomic mass is 16.6.